The normalized spacial score (nSPS) is 20.6. The molecule has 0 spiro atoms. The smallest absolute Gasteiger partial charge is 0.307 e. The van der Waals surface area contributed by atoms with Gasteiger partial charge in [0.25, 0.3) is 0 Å². The number of methoxy groups -OCH3 is 1. The van der Waals surface area contributed by atoms with Crippen molar-refractivity contribution in [1.29, 1.82) is 0 Å². The lowest BCUT2D eigenvalue weighted by molar-refractivity contribution is -0.141. The van der Waals surface area contributed by atoms with E-state index in [1.807, 2.05) is 12.3 Å². The predicted octanol–water partition coefficient (Wildman–Crippen LogP) is 0.870. The number of carbonyl (C=O) groups excluding carboxylic acids is 1. The number of ether oxygens (including phenoxy) is 2. The molecule has 0 amide bonds. The summed E-state index contributed by atoms with van der Waals surface area (Å²) in [7, 11) is 1.36. The second-order valence-corrected chi connectivity index (χ2v) is 4.98. The molecule has 0 aliphatic carbocycles. The number of morpholine rings is 1. The van der Waals surface area contributed by atoms with Crippen molar-refractivity contribution in [3.05, 3.63) is 24.0 Å². The van der Waals surface area contributed by atoms with Crippen molar-refractivity contribution in [2.75, 3.05) is 31.8 Å². The second-order valence-electron chi connectivity index (χ2n) is 4.98. The molecule has 6 nitrogen and oxygen atoms in total. The molecular weight excluding hydrogens is 258 g/mol. The molecule has 0 aromatic carbocycles. The van der Waals surface area contributed by atoms with Crippen molar-refractivity contribution >= 4 is 11.7 Å². The van der Waals surface area contributed by atoms with Gasteiger partial charge in [-0.3, -0.25) is 9.78 Å². The van der Waals surface area contributed by atoms with Gasteiger partial charge >= 0.3 is 5.97 Å². The minimum atomic E-state index is -0.397. The van der Waals surface area contributed by atoms with Crippen LogP contribution in [0.1, 0.15) is 24.9 Å². The van der Waals surface area contributed by atoms with Gasteiger partial charge in [-0.2, -0.15) is 0 Å². The summed E-state index contributed by atoms with van der Waals surface area (Å²) >= 11 is 0. The zero-order valence-corrected chi connectivity index (χ0v) is 11.9. The first-order chi connectivity index (χ1) is 9.61. The van der Waals surface area contributed by atoms with Gasteiger partial charge in [0.1, 0.15) is 0 Å². The van der Waals surface area contributed by atoms with Crippen molar-refractivity contribution in [2.24, 2.45) is 5.73 Å². The number of esters is 1. The van der Waals surface area contributed by atoms with Crippen LogP contribution in [0.3, 0.4) is 0 Å². The highest BCUT2D eigenvalue weighted by Crippen LogP contribution is 2.23. The van der Waals surface area contributed by atoms with Gasteiger partial charge < -0.3 is 20.1 Å². The molecule has 0 saturated carbocycles. The van der Waals surface area contributed by atoms with Crippen molar-refractivity contribution in [1.82, 2.24) is 4.98 Å². The molecule has 1 saturated heterocycles. The molecule has 1 aromatic heterocycles. The quantitative estimate of drug-likeness (QED) is 0.824. The van der Waals surface area contributed by atoms with E-state index in [-0.39, 0.29) is 12.4 Å². The molecule has 20 heavy (non-hydrogen) atoms. The van der Waals surface area contributed by atoms with E-state index in [2.05, 4.69) is 21.5 Å². The first-order valence-corrected chi connectivity index (χ1v) is 6.73. The average molecular weight is 279 g/mol. The fourth-order valence-electron chi connectivity index (χ4n) is 2.30. The second kappa shape index (κ2) is 6.67. The SMILES string of the molecule is COC(=O)CC(N)c1cncc(N2CCOC[C@@H]2C)c1. The molecule has 2 heterocycles. The molecule has 0 bridgehead atoms. The summed E-state index contributed by atoms with van der Waals surface area (Å²) in [5.41, 5.74) is 7.87. The van der Waals surface area contributed by atoms with Gasteiger partial charge in [-0.15, -0.1) is 0 Å². The Balaban J connectivity index is 2.12. The molecule has 110 valence electrons. The number of carbonyl (C=O) groups is 1. The number of hydrogen-bond donors (Lipinski definition) is 1. The van der Waals surface area contributed by atoms with Crippen LogP contribution in [0.5, 0.6) is 0 Å². The number of nitrogens with zero attached hydrogens (tertiary/aromatic N) is 2. The van der Waals surface area contributed by atoms with Gasteiger partial charge in [-0.1, -0.05) is 0 Å². The van der Waals surface area contributed by atoms with E-state index in [1.54, 1.807) is 6.20 Å². The number of rotatable bonds is 4. The van der Waals surface area contributed by atoms with Crippen LogP contribution in [0.15, 0.2) is 18.5 Å². The molecule has 2 N–H and O–H groups in total. The maximum Gasteiger partial charge on any atom is 0.307 e. The lowest BCUT2D eigenvalue weighted by atomic mass is 10.1. The Morgan fingerprint density at radius 3 is 3.15 bits per heavy atom. The third-order valence-corrected chi connectivity index (χ3v) is 3.49. The number of aromatic nitrogens is 1. The summed E-state index contributed by atoms with van der Waals surface area (Å²) in [4.78, 5) is 17.8. The van der Waals surface area contributed by atoms with Crippen LogP contribution >= 0.6 is 0 Å². The zero-order valence-electron chi connectivity index (χ0n) is 11.9. The van der Waals surface area contributed by atoms with Crippen LogP contribution in [0.25, 0.3) is 0 Å². The number of nitrogens with two attached hydrogens (primary N) is 1. The molecule has 2 rings (SSSR count). The molecule has 1 unspecified atom stereocenters. The van der Waals surface area contributed by atoms with E-state index in [4.69, 9.17) is 10.5 Å². The van der Waals surface area contributed by atoms with Crippen molar-refractivity contribution < 1.29 is 14.3 Å². The minimum absolute atomic E-state index is 0.153. The highest BCUT2D eigenvalue weighted by molar-refractivity contribution is 5.70. The fraction of sp³-hybridized carbons (Fsp3) is 0.571. The van der Waals surface area contributed by atoms with E-state index in [9.17, 15) is 4.79 Å². The molecule has 6 heteroatoms. The summed E-state index contributed by atoms with van der Waals surface area (Å²) in [6.45, 7) is 4.36. The molecular formula is C14H21N3O3. The largest absolute Gasteiger partial charge is 0.469 e. The van der Waals surface area contributed by atoms with Crippen molar-refractivity contribution in [3.8, 4) is 0 Å². The van der Waals surface area contributed by atoms with Crippen LogP contribution < -0.4 is 10.6 Å². The molecule has 0 radical (unpaired) electrons. The van der Waals surface area contributed by atoms with E-state index in [0.717, 1.165) is 17.8 Å². The number of hydrogen-bond acceptors (Lipinski definition) is 6. The van der Waals surface area contributed by atoms with Crippen LogP contribution in [0.2, 0.25) is 0 Å². The highest BCUT2D eigenvalue weighted by atomic mass is 16.5. The fourth-order valence-corrected chi connectivity index (χ4v) is 2.30. The monoisotopic (exact) mass is 279 g/mol. The molecule has 1 aliphatic rings. The third kappa shape index (κ3) is 3.46. The van der Waals surface area contributed by atoms with Crippen molar-refractivity contribution in [2.45, 2.75) is 25.4 Å². The Labute approximate surface area is 118 Å². The van der Waals surface area contributed by atoms with Crippen LogP contribution in [-0.4, -0.2) is 43.9 Å². The third-order valence-electron chi connectivity index (χ3n) is 3.49. The maximum atomic E-state index is 11.3. The topological polar surface area (TPSA) is 77.7 Å². The Bertz CT molecular complexity index is 467. The summed E-state index contributed by atoms with van der Waals surface area (Å²) in [6, 6.07) is 1.89. The van der Waals surface area contributed by atoms with Crippen LogP contribution in [-0.2, 0) is 14.3 Å². The van der Waals surface area contributed by atoms with E-state index >= 15 is 0 Å². The first-order valence-electron chi connectivity index (χ1n) is 6.73. The molecule has 1 fully saturated rings. The Hall–Kier alpha value is -1.66. The van der Waals surface area contributed by atoms with Crippen LogP contribution in [0, 0.1) is 0 Å². The number of pyridine rings is 1. The lowest BCUT2D eigenvalue weighted by Crippen LogP contribution is -2.43. The Kier molecular flexibility index (Phi) is 4.92. The zero-order chi connectivity index (χ0) is 14.5. The van der Waals surface area contributed by atoms with E-state index in [1.165, 1.54) is 7.11 Å². The van der Waals surface area contributed by atoms with Gasteiger partial charge in [0.05, 0.1) is 38.6 Å². The van der Waals surface area contributed by atoms with Gasteiger partial charge in [0.2, 0.25) is 0 Å². The van der Waals surface area contributed by atoms with Crippen LogP contribution in [0.4, 0.5) is 5.69 Å². The first kappa shape index (κ1) is 14.7. The van der Waals surface area contributed by atoms with E-state index in [0.29, 0.717) is 19.3 Å². The van der Waals surface area contributed by atoms with Gasteiger partial charge in [-0.25, -0.2) is 0 Å². The number of anilines is 1. The van der Waals surface area contributed by atoms with Gasteiger partial charge in [-0.05, 0) is 18.6 Å². The predicted molar refractivity (Wildman–Crippen MR) is 75.4 cm³/mol. The minimum Gasteiger partial charge on any atom is -0.469 e. The molecule has 2 atom stereocenters. The van der Waals surface area contributed by atoms with E-state index < -0.39 is 6.04 Å². The van der Waals surface area contributed by atoms with Crippen molar-refractivity contribution in [3.63, 3.8) is 0 Å². The molecule has 1 aromatic rings. The average Bonchev–Trinajstić information content (AvgIpc) is 2.47. The summed E-state index contributed by atoms with van der Waals surface area (Å²) < 4.78 is 10.1. The maximum absolute atomic E-state index is 11.3. The summed E-state index contributed by atoms with van der Waals surface area (Å²) in [5.74, 6) is -0.317. The summed E-state index contributed by atoms with van der Waals surface area (Å²) in [6.07, 6.45) is 3.67. The Morgan fingerprint density at radius 2 is 2.45 bits per heavy atom. The lowest BCUT2D eigenvalue weighted by Gasteiger charge is -2.35. The standard InChI is InChI=1S/C14H21N3O3/c1-10-9-20-4-3-17(10)12-5-11(7-16-8-12)13(15)6-14(18)19-2/h5,7-8,10,13H,3-4,6,9,15H2,1-2H3/t10-,13?/m0/s1. The Morgan fingerprint density at radius 1 is 1.65 bits per heavy atom. The van der Waals surface area contributed by atoms with Gasteiger partial charge in [0.15, 0.2) is 0 Å². The highest BCUT2D eigenvalue weighted by Gasteiger charge is 2.20. The van der Waals surface area contributed by atoms with Gasteiger partial charge in [0, 0.05) is 24.8 Å². The summed E-state index contributed by atoms with van der Waals surface area (Å²) in [5, 5.41) is 0. The molecule has 1 aliphatic heterocycles.